The summed E-state index contributed by atoms with van der Waals surface area (Å²) in [6, 6.07) is 5.48. The SMILES string of the molecule is C[C@H](C#N)CN1C(=O)c2ccc([N+](=O)[O-])cc2C1=O. The normalized spacial score (nSPS) is 15.1. The molecule has 1 aliphatic rings. The van der Waals surface area contributed by atoms with Crippen molar-refractivity contribution in [2.24, 2.45) is 5.92 Å². The van der Waals surface area contributed by atoms with Gasteiger partial charge in [-0.2, -0.15) is 5.26 Å². The quantitative estimate of drug-likeness (QED) is 0.463. The summed E-state index contributed by atoms with van der Waals surface area (Å²) in [6.45, 7) is 1.57. The number of non-ortho nitro benzene ring substituents is 1. The van der Waals surface area contributed by atoms with Crippen molar-refractivity contribution >= 4 is 17.5 Å². The Labute approximate surface area is 108 Å². The van der Waals surface area contributed by atoms with E-state index in [2.05, 4.69) is 0 Å². The Balaban J connectivity index is 2.39. The number of nitro groups is 1. The maximum atomic E-state index is 12.0. The first-order chi connectivity index (χ1) is 8.95. The minimum atomic E-state index is -0.626. The molecule has 0 unspecified atom stereocenters. The molecule has 1 atom stereocenters. The van der Waals surface area contributed by atoms with Crippen molar-refractivity contribution in [3.8, 4) is 6.07 Å². The van der Waals surface area contributed by atoms with Gasteiger partial charge in [-0.05, 0) is 13.0 Å². The first-order valence-electron chi connectivity index (χ1n) is 5.50. The third-order valence-corrected chi connectivity index (χ3v) is 2.84. The van der Waals surface area contributed by atoms with E-state index in [1.807, 2.05) is 6.07 Å². The molecule has 0 bridgehead atoms. The summed E-state index contributed by atoms with van der Waals surface area (Å²) in [5.74, 6) is -1.60. The van der Waals surface area contributed by atoms with Crippen molar-refractivity contribution in [3.63, 3.8) is 0 Å². The molecule has 0 fully saturated rings. The zero-order chi connectivity index (χ0) is 14.2. The fourth-order valence-corrected chi connectivity index (χ4v) is 1.87. The highest BCUT2D eigenvalue weighted by Gasteiger charge is 2.37. The highest BCUT2D eigenvalue weighted by molar-refractivity contribution is 6.21. The molecule has 7 nitrogen and oxygen atoms in total. The van der Waals surface area contributed by atoms with Crippen LogP contribution in [0.2, 0.25) is 0 Å². The van der Waals surface area contributed by atoms with Crippen molar-refractivity contribution < 1.29 is 14.5 Å². The van der Waals surface area contributed by atoms with Crippen LogP contribution >= 0.6 is 0 Å². The molecule has 19 heavy (non-hydrogen) atoms. The number of nitrogens with zero attached hydrogens (tertiary/aromatic N) is 3. The third kappa shape index (κ3) is 2.04. The lowest BCUT2D eigenvalue weighted by molar-refractivity contribution is -0.384. The second-order valence-corrected chi connectivity index (χ2v) is 4.24. The zero-order valence-electron chi connectivity index (χ0n) is 9.99. The molecule has 1 aromatic carbocycles. The molecular weight excluding hydrogens is 250 g/mol. The molecule has 0 radical (unpaired) electrons. The Morgan fingerprint density at radius 1 is 1.37 bits per heavy atom. The largest absolute Gasteiger partial charge is 0.273 e. The average molecular weight is 259 g/mol. The number of rotatable bonds is 3. The second kappa shape index (κ2) is 4.49. The van der Waals surface area contributed by atoms with E-state index >= 15 is 0 Å². The van der Waals surface area contributed by atoms with E-state index in [1.54, 1.807) is 6.92 Å². The molecule has 2 amide bonds. The zero-order valence-corrected chi connectivity index (χ0v) is 9.99. The fraction of sp³-hybridized carbons (Fsp3) is 0.250. The molecule has 0 saturated carbocycles. The van der Waals surface area contributed by atoms with Crippen LogP contribution in [0.25, 0.3) is 0 Å². The minimum absolute atomic E-state index is 0.0172. The predicted octanol–water partition coefficient (Wildman–Crippen LogP) is 1.35. The summed E-state index contributed by atoms with van der Waals surface area (Å²) in [4.78, 5) is 34.9. The van der Waals surface area contributed by atoms with Gasteiger partial charge in [-0.1, -0.05) is 0 Å². The van der Waals surface area contributed by atoms with Crippen LogP contribution in [0.4, 0.5) is 5.69 Å². The number of amides is 2. The van der Waals surface area contributed by atoms with Crippen molar-refractivity contribution in [2.45, 2.75) is 6.92 Å². The molecule has 1 aromatic rings. The van der Waals surface area contributed by atoms with Crippen molar-refractivity contribution in [1.82, 2.24) is 4.90 Å². The number of nitriles is 1. The fourth-order valence-electron chi connectivity index (χ4n) is 1.87. The summed E-state index contributed by atoms with van der Waals surface area (Å²) in [6.07, 6.45) is 0. The lowest BCUT2D eigenvalue weighted by atomic mass is 10.1. The molecule has 0 aliphatic carbocycles. The Morgan fingerprint density at radius 3 is 2.58 bits per heavy atom. The number of carbonyl (C=O) groups excluding carboxylic acids is 2. The van der Waals surface area contributed by atoms with Crippen LogP contribution < -0.4 is 0 Å². The van der Waals surface area contributed by atoms with E-state index in [9.17, 15) is 19.7 Å². The molecule has 0 N–H and O–H groups in total. The van der Waals surface area contributed by atoms with Crippen LogP contribution in [0.1, 0.15) is 27.6 Å². The number of imide groups is 1. The van der Waals surface area contributed by atoms with E-state index in [0.29, 0.717) is 0 Å². The number of nitro benzene ring substituents is 1. The Hall–Kier alpha value is -2.75. The smallest absolute Gasteiger partial charge is 0.270 e. The van der Waals surface area contributed by atoms with Crippen molar-refractivity contribution in [2.75, 3.05) is 6.54 Å². The standard InChI is InChI=1S/C12H9N3O4/c1-7(5-13)6-14-11(16)9-3-2-8(15(18)19)4-10(9)12(14)17/h2-4,7H,6H2,1H3/t7-/m1/s1. The minimum Gasteiger partial charge on any atom is -0.273 e. The van der Waals surface area contributed by atoms with Gasteiger partial charge in [0, 0.05) is 18.7 Å². The number of benzene rings is 1. The third-order valence-electron chi connectivity index (χ3n) is 2.84. The van der Waals surface area contributed by atoms with E-state index in [0.717, 1.165) is 11.0 Å². The lowest BCUT2D eigenvalue weighted by Gasteiger charge is -2.14. The van der Waals surface area contributed by atoms with E-state index < -0.39 is 22.7 Å². The molecule has 0 saturated heterocycles. The van der Waals surface area contributed by atoms with E-state index in [-0.39, 0.29) is 23.4 Å². The second-order valence-electron chi connectivity index (χ2n) is 4.24. The highest BCUT2D eigenvalue weighted by Crippen LogP contribution is 2.27. The monoisotopic (exact) mass is 259 g/mol. The van der Waals surface area contributed by atoms with Crippen LogP contribution in [-0.4, -0.2) is 28.2 Å². The van der Waals surface area contributed by atoms with Gasteiger partial charge < -0.3 is 0 Å². The van der Waals surface area contributed by atoms with Gasteiger partial charge in [0.05, 0.1) is 28.0 Å². The van der Waals surface area contributed by atoms with Gasteiger partial charge in [0.15, 0.2) is 0 Å². The van der Waals surface area contributed by atoms with Crippen LogP contribution in [0.5, 0.6) is 0 Å². The molecule has 2 rings (SSSR count). The molecular formula is C12H9N3O4. The van der Waals surface area contributed by atoms with Crippen molar-refractivity contribution in [3.05, 3.63) is 39.4 Å². The molecule has 1 aliphatic heterocycles. The Kier molecular flexibility index (Phi) is 3.00. The van der Waals surface area contributed by atoms with E-state index in [4.69, 9.17) is 5.26 Å². The number of hydrogen-bond acceptors (Lipinski definition) is 5. The van der Waals surface area contributed by atoms with Crippen LogP contribution in [0, 0.1) is 27.4 Å². The maximum Gasteiger partial charge on any atom is 0.270 e. The average Bonchev–Trinajstić information content (AvgIpc) is 2.63. The first-order valence-corrected chi connectivity index (χ1v) is 5.50. The first kappa shape index (κ1) is 12.7. The summed E-state index contributed by atoms with van der Waals surface area (Å²) < 4.78 is 0. The highest BCUT2D eigenvalue weighted by atomic mass is 16.6. The summed E-state index contributed by atoms with van der Waals surface area (Å²) >= 11 is 0. The molecule has 0 aromatic heterocycles. The van der Waals surface area contributed by atoms with Crippen molar-refractivity contribution in [1.29, 1.82) is 5.26 Å². The van der Waals surface area contributed by atoms with Gasteiger partial charge in [-0.15, -0.1) is 0 Å². The predicted molar refractivity (Wildman–Crippen MR) is 63.2 cm³/mol. The lowest BCUT2D eigenvalue weighted by Crippen LogP contribution is -2.33. The molecule has 0 spiro atoms. The van der Waals surface area contributed by atoms with Gasteiger partial charge in [0.1, 0.15) is 0 Å². The maximum absolute atomic E-state index is 12.0. The Bertz CT molecular complexity index is 632. The van der Waals surface area contributed by atoms with Gasteiger partial charge in [0.25, 0.3) is 17.5 Å². The number of carbonyl (C=O) groups is 2. The molecule has 7 heteroatoms. The van der Waals surface area contributed by atoms with Crippen LogP contribution in [-0.2, 0) is 0 Å². The Morgan fingerprint density at radius 2 is 2.00 bits per heavy atom. The molecule has 1 heterocycles. The number of hydrogen-bond donors (Lipinski definition) is 0. The molecule has 96 valence electrons. The van der Waals surface area contributed by atoms with E-state index in [1.165, 1.54) is 12.1 Å². The summed E-state index contributed by atoms with van der Waals surface area (Å²) in [5, 5.41) is 19.4. The van der Waals surface area contributed by atoms with Gasteiger partial charge in [0.2, 0.25) is 0 Å². The summed E-state index contributed by atoms with van der Waals surface area (Å²) in [7, 11) is 0. The van der Waals surface area contributed by atoms with Gasteiger partial charge in [-0.3, -0.25) is 24.6 Å². The van der Waals surface area contributed by atoms with Gasteiger partial charge >= 0.3 is 0 Å². The van der Waals surface area contributed by atoms with Crippen LogP contribution in [0.15, 0.2) is 18.2 Å². The summed E-state index contributed by atoms with van der Waals surface area (Å²) in [5.41, 5.74) is -0.0832. The van der Waals surface area contributed by atoms with Crippen LogP contribution in [0.3, 0.4) is 0 Å². The van der Waals surface area contributed by atoms with Gasteiger partial charge in [-0.25, -0.2) is 0 Å². The topological polar surface area (TPSA) is 104 Å². The number of fused-ring (bicyclic) bond motifs is 1.